The van der Waals surface area contributed by atoms with E-state index in [1.165, 1.54) is 64.2 Å². The van der Waals surface area contributed by atoms with Gasteiger partial charge in [-0.3, -0.25) is 0 Å². The van der Waals surface area contributed by atoms with Gasteiger partial charge in [0.2, 0.25) is 0 Å². The molecule has 0 saturated carbocycles. The van der Waals surface area contributed by atoms with Crippen molar-refractivity contribution >= 4 is 0 Å². The summed E-state index contributed by atoms with van der Waals surface area (Å²) in [6, 6.07) is 0. The first-order chi connectivity index (χ1) is 7.00. The smallest absolute Gasteiger partial charge is 0.0316 e. The fourth-order valence-corrected chi connectivity index (χ4v) is 1.90. The third-order valence-electron chi connectivity index (χ3n) is 2.82. The van der Waals surface area contributed by atoms with Crippen molar-refractivity contribution < 1.29 is 0 Å². The fraction of sp³-hybridized carbons (Fsp3) is 0.714. The lowest BCUT2D eigenvalue weighted by Gasteiger charge is -2.00. The minimum Gasteiger partial charge on any atom is -0.0885 e. The molecule has 0 aromatic heterocycles. The minimum absolute atomic E-state index is 1.23. The predicted molar refractivity (Wildman–Crippen MR) is 64.5 cm³/mol. The molecule has 0 spiro atoms. The van der Waals surface area contributed by atoms with Crippen LogP contribution in [0.2, 0.25) is 0 Å². The van der Waals surface area contributed by atoms with Gasteiger partial charge in [0.1, 0.15) is 0 Å². The topological polar surface area (TPSA) is 0 Å². The van der Waals surface area contributed by atoms with Gasteiger partial charge >= 0.3 is 0 Å². The van der Waals surface area contributed by atoms with Crippen molar-refractivity contribution in [2.75, 3.05) is 0 Å². The van der Waals surface area contributed by atoms with E-state index in [0.29, 0.717) is 0 Å². The van der Waals surface area contributed by atoms with Crippen molar-refractivity contribution in [3.05, 3.63) is 24.3 Å². The van der Waals surface area contributed by atoms with Gasteiger partial charge in [-0.25, -0.2) is 0 Å². The lowest BCUT2D eigenvalue weighted by Crippen LogP contribution is -1.80. The van der Waals surface area contributed by atoms with Gasteiger partial charge in [0.05, 0.1) is 0 Å². The van der Waals surface area contributed by atoms with Gasteiger partial charge in [0.15, 0.2) is 0 Å². The molecule has 1 aliphatic rings. The van der Waals surface area contributed by atoms with Crippen LogP contribution in [0.25, 0.3) is 0 Å². The van der Waals surface area contributed by atoms with Crippen LogP contribution in [-0.2, 0) is 0 Å². The molecule has 0 unspecified atom stereocenters. The maximum atomic E-state index is 2.36. The molecule has 0 bridgehead atoms. The third-order valence-corrected chi connectivity index (χ3v) is 2.82. The minimum atomic E-state index is 1.23. The lowest BCUT2D eigenvalue weighted by molar-refractivity contribution is 0.599. The maximum absolute atomic E-state index is 2.36. The molecular weight excluding hydrogens is 168 g/mol. The summed E-state index contributed by atoms with van der Waals surface area (Å²) in [4.78, 5) is 0. The summed E-state index contributed by atoms with van der Waals surface area (Å²) in [5.74, 6) is 0. The van der Waals surface area contributed by atoms with E-state index in [4.69, 9.17) is 0 Å². The average Bonchev–Trinajstić information content (AvgIpc) is 2.22. The SMILES string of the molecule is C1=C/CCCCCCCC/C=C/CC/1. The normalized spacial score (nSPS) is 26.3. The Labute approximate surface area is 89.1 Å². The standard InChI is InChI=1S/C14H24/c1-2-4-6-8-10-12-14-13-11-9-7-5-3-1/h1-2,7,9H,3-6,8,10-14H2/b2-1+,9-7+. The predicted octanol–water partition coefficient (Wildman–Crippen LogP) is 5.01. The summed E-state index contributed by atoms with van der Waals surface area (Å²) in [6.45, 7) is 0. The van der Waals surface area contributed by atoms with Crippen LogP contribution in [0.4, 0.5) is 0 Å². The number of hydrogen-bond acceptors (Lipinski definition) is 0. The largest absolute Gasteiger partial charge is 0.0885 e. The molecule has 1 rings (SSSR count). The number of allylic oxidation sites excluding steroid dienone is 4. The molecule has 0 aliphatic heterocycles. The van der Waals surface area contributed by atoms with E-state index in [-0.39, 0.29) is 0 Å². The maximum Gasteiger partial charge on any atom is -0.0316 e. The molecule has 1 aliphatic carbocycles. The van der Waals surface area contributed by atoms with Crippen LogP contribution in [0.5, 0.6) is 0 Å². The highest BCUT2D eigenvalue weighted by atomic mass is 14.0. The average molecular weight is 192 g/mol. The molecule has 0 fully saturated rings. The first kappa shape index (κ1) is 11.6. The molecule has 0 N–H and O–H groups in total. The Balaban J connectivity index is 2.17. The van der Waals surface area contributed by atoms with Gasteiger partial charge < -0.3 is 0 Å². The first-order valence-electron chi connectivity index (χ1n) is 6.30. The van der Waals surface area contributed by atoms with Crippen LogP contribution >= 0.6 is 0 Å². The third kappa shape index (κ3) is 6.94. The Morgan fingerprint density at radius 2 is 0.714 bits per heavy atom. The van der Waals surface area contributed by atoms with Crippen LogP contribution in [0.1, 0.15) is 64.2 Å². The Kier molecular flexibility index (Phi) is 7.47. The summed E-state index contributed by atoms with van der Waals surface area (Å²) in [5.41, 5.74) is 0. The monoisotopic (exact) mass is 192 g/mol. The Hall–Kier alpha value is -0.520. The summed E-state index contributed by atoms with van der Waals surface area (Å²) < 4.78 is 0. The van der Waals surface area contributed by atoms with E-state index in [1.807, 2.05) is 0 Å². The Bertz CT molecular complexity index is 145. The Morgan fingerprint density at radius 1 is 0.357 bits per heavy atom. The molecule has 14 heavy (non-hydrogen) atoms. The summed E-state index contributed by atoms with van der Waals surface area (Å²) >= 11 is 0. The van der Waals surface area contributed by atoms with Crippen LogP contribution in [0, 0.1) is 0 Å². The highest BCUT2D eigenvalue weighted by Gasteiger charge is 1.90. The van der Waals surface area contributed by atoms with Gasteiger partial charge in [-0.2, -0.15) is 0 Å². The van der Waals surface area contributed by atoms with Gasteiger partial charge in [0.25, 0.3) is 0 Å². The molecule has 0 saturated heterocycles. The van der Waals surface area contributed by atoms with Crippen molar-refractivity contribution in [1.29, 1.82) is 0 Å². The highest BCUT2D eigenvalue weighted by molar-refractivity contribution is 4.88. The quantitative estimate of drug-likeness (QED) is 0.473. The lowest BCUT2D eigenvalue weighted by atomic mass is 10.1. The van der Waals surface area contributed by atoms with Crippen LogP contribution in [0.15, 0.2) is 24.3 Å². The van der Waals surface area contributed by atoms with E-state index >= 15 is 0 Å². The van der Waals surface area contributed by atoms with Crippen LogP contribution in [0.3, 0.4) is 0 Å². The van der Waals surface area contributed by atoms with Crippen molar-refractivity contribution in [3.8, 4) is 0 Å². The first-order valence-corrected chi connectivity index (χ1v) is 6.30. The number of rotatable bonds is 0. The van der Waals surface area contributed by atoms with Crippen molar-refractivity contribution in [3.63, 3.8) is 0 Å². The van der Waals surface area contributed by atoms with Gasteiger partial charge in [-0.05, 0) is 38.5 Å². The zero-order chi connectivity index (χ0) is 9.90. The highest BCUT2D eigenvalue weighted by Crippen LogP contribution is 2.10. The number of hydrogen-bond donors (Lipinski definition) is 0. The van der Waals surface area contributed by atoms with Gasteiger partial charge in [-0.1, -0.05) is 50.0 Å². The summed E-state index contributed by atoms with van der Waals surface area (Å²) in [5, 5.41) is 0. The summed E-state index contributed by atoms with van der Waals surface area (Å²) in [6.07, 6.45) is 23.0. The van der Waals surface area contributed by atoms with Crippen LogP contribution in [-0.4, -0.2) is 0 Å². The summed E-state index contributed by atoms with van der Waals surface area (Å²) in [7, 11) is 0. The van der Waals surface area contributed by atoms with Crippen molar-refractivity contribution in [1.82, 2.24) is 0 Å². The van der Waals surface area contributed by atoms with E-state index in [1.54, 1.807) is 0 Å². The molecule has 0 heteroatoms. The second-order valence-electron chi connectivity index (χ2n) is 4.22. The molecule has 0 aromatic carbocycles. The van der Waals surface area contributed by atoms with E-state index in [0.717, 1.165) is 0 Å². The van der Waals surface area contributed by atoms with Crippen molar-refractivity contribution in [2.45, 2.75) is 64.2 Å². The van der Waals surface area contributed by atoms with Gasteiger partial charge in [-0.15, -0.1) is 0 Å². The zero-order valence-corrected chi connectivity index (χ0v) is 9.38. The molecule has 0 radical (unpaired) electrons. The molecule has 80 valence electrons. The van der Waals surface area contributed by atoms with Crippen molar-refractivity contribution in [2.24, 2.45) is 0 Å². The molecule has 0 amide bonds. The van der Waals surface area contributed by atoms with E-state index < -0.39 is 0 Å². The molecule has 0 aromatic rings. The van der Waals surface area contributed by atoms with Gasteiger partial charge in [0, 0.05) is 0 Å². The molecule has 0 nitrogen and oxygen atoms in total. The molecule has 0 heterocycles. The zero-order valence-electron chi connectivity index (χ0n) is 9.38. The van der Waals surface area contributed by atoms with Crippen LogP contribution < -0.4 is 0 Å². The molecular formula is C14H24. The Morgan fingerprint density at radius 3 is 1.21 bits per heavy atom. The van der Waals surface area contributed by atoms with E-state index in [9.17, 15) is 0 Å². The second kappa shape index (κ2) is 9.05. The fourth-order valence-electron chi connectivity index (χ4n) is 1.90. The van der Waals surface area contributed by atoms with E-state index in [2.05, 4.69) is 24.3 Å². The second-order valence-corrected chi connectivity index (χ2v) is 4.22. The molecule has 0 atom stereocenters.